The summed E-state index contributed by atoms with van der Waals surface area (Å²) >= 11 is 0. The number of aromatic nitrogens is 1. The average molecular weight is 398 g/mol. The van der Waals surface area contributed by atoms with Crippen LogP contribution < -0.4 is 4.74 Å². The van der Waals surface area contributed by atoms with Crippen molar-refractivity contribution in [1.82, 2.24) is 9.88 Å². The molecule has 7 heteroatoms. The van der Waals surface area contributed by atoms with E-state index in [0.29, 0.717) is 30.4 Å². The number of benzene rings is 1. The summed E-state index contributed by atoms with van der Waals surface area (Å²) in [7, 11) is 1.61. The van der Waals surface area contributed by atoms with Gasteiger partial charge in [-0.15, -0.1) is 0 Å². The smallest absolute Gasteiger partial charge is 0.326 e. The molecule has 1 saturated heterocycles. The van der Waals surface area contributed by atoms with Crippen LogP contribution in [0.1, 0.15) is 44.4 Å². The van der Waals surface area contributed by atoms with E-state index < -0.39 is 12.0 Å². The molecule has 2 heterocycles. The van der Waals surface area contributed by atoms with Crippen LogP contribution in [0.2, 0.25) is 0 Å². The Labute approximate surface area is 169 Å². The molecule has 2 aliphatic rings. The Morgan fingerprint density at radius 2 is 2.00 bits per heavy atom. The number of carboxylic acids is 1. The second-order valence-electron chi connectivity index (χ2n) is 7.85. The van der Waals surface area contributed by atoms with E-state index in [-0.39, 0.29) is 18.4 Å². The highest BCUT2D eigenvalue weighted by Crippen LogP contribution is 2.40. The van der Waals surface area contributed by atoms with Gasteiger partial charge in [0.15, 0.2) is 11.7 Å². The highest BCUT2D eigenvalue weighted by molar-refractivity contribution is 5.85. The van der Waals surface area contributed by atoms with Crippen molar-refractivity contribution in [3.63, 3.8) is 0 Å². The van der Waals surface area contributed by atoms with Crippen LogP contribution in [0.25, 0.3) is 11.3 Å². The minimum atomic E-state index is -0.898. The van der Waals surface area contributed by atoms with E-state index in [1.54, 1.807) is 18.2 Å². The summed E-state index contributed by atoms with van der Waals surface area (Å²) in [6, 6.07) is 6.84. The number of hydrogen-bond donors (Lipinski definition) is 1. The molecule has 0 bridgehead atoms. The van der Waals surface area contributed by atoms with Crippen molar-refractivity contribution in [3.8, 4) is 17.1 Å². The SMILES string of the molecule is COc1ccc(-c2cnc(CCC(=O)N3[C@@H]4CCCC[C@H]4C[C@H]3C(=O)O)o2)cc1. The number of methoxy groups -OCH3 is 1. The second kappa shape index (κ2) is 8.27. The molecule has 1 N–H and O–H groups in total. The van der Waals surface area contributed by atoms with E-state index in [4.69, 9.17) is 9.15 Å². The number of amides is 1. The molecule has 1 aliphatic carbocycles. The van der Waals surface area contributed by atoms with Crippen LogP contribution in [-0.2, 0) is 16.0 Å². The summed E-state index contributed by atoms with van der Waals surface area (Å²) in [4.78, 5) is 30.5. The van der Waals surface area contributed by atoms with Gasteiger partial charge in [-0.05, 0) is 49.4 Å². The zero-order chi connectivity index (χ0) is 20.4. The number of aliphatic carboxylic acids is 1. The zero-order valence-corrected chi connectivity index (χ0v) is 16.5. The first-order valence-electron chi connectivity index (χ1n) is 10.2. The first-order valence-corrected chi connectivity index (χ1v) is 10.2. The molecule has 2 aromatic rings. The standard InChI is InChI=1S/C22H26N2O5/c1-28-16-8-6-14(7-9-16)19-13-23-20(29-19)10-11-21(25)24-17-5-3-2-4-15(17)12-18(24)22(26)27/h6-9,13,15,17-18H,2-5,10-12H2,1H3,(H,26,27)/t15-,17+,18-/m0/s1. The molecule has 29 heavy (non-hydrogen) atoms. The topological polar surface area (TPSA) is 92.9 Å². The van der Waals surface area contributed by atoms with Crippen LogP contribution in [0.5, 0.6) is 5.75 Å². The molecule has 0 spiro atoms. The molecule has 0 radical (unpaired) electrons. The molecular formula is C22H26N2O5. The molecule has 1 amide bonds. The van der Waals surface area contributed by atoms with Crippen LogP contribution in [0.15, 0.2) is 34.9 Å². The molecule has 0 unspecified atom stereocenters. The number of oxazole rings is 1. The molecule has 7 nitrogen and oxygen atoms in total. The van der Waals surface area contributed by atoms with Crippen LogP contribution in [-0.4, -0.2) is 46.1 Å². The Bertz CT molecular complexity index is 876. The number of nitrogens with zero attached hydrogens (tertiary/aromatic N) is 2. The lowest BCUT2D eigenvalue weighted by molar-refractivity contribution is -0.149. The number of aryl methyl sites for hydroxylation is 1. The monoisotopic (exact) mass is 398 g/mol. The first kappa shape index (κ1) is 19.5. The number of rotatable bonds is 6. The van der Waals surface area contributed by atoms with Gasteiger partial charge in [-0.1, -0.05) is 12.8 Å². The number of hydrogen-bond acceptors (Lipinski definition) is 5. The highest BCUT2D eigenvalue weighted by atomic mass is 16.5. The Hall–Kier alpha value is -2.83. The van der Waals surface area contributed by atoms with Crippen LogP contribution in [0.4, 0.5) is 0 Å². The maximum absolute atomic E-state index is 12.9. The molecule has 1 aromatic heterocycles. The predicted octanol–water partition coefficient (Wildman–Crippen LogP) is 3.53. The van der Waals surface area contributed by atoms with E-state index in [9.17, 15) is 14.7 Å². The van der Waals surface area contributed by atoms with E-state index >= 15 is 0 Å². The van der Waals surface area contributed by atoms with Crippen LogP contribution >= 0.6 is 0 Å². The van der Waals surface area contributed by atoms with Crippen molar-refractivity contribution in [2.75, 3.05) is 7.11 Å². The van der Waals surface area contributed by atoms with E-state index in [2.05, 4.69) is 4.98 Å². The minimum Gasteiger partial charge on any atom is -0.497 e. The van der Waals surface area contributed by atoms with Crippen LogP contribution in [0, 0.1) is 5.92 Å². The Morgan fingerprint density at radius 1 is 1.24 bits per heavy atom. The van der Waals surface area contributed by atoms with Gasteiger partial charge in [0.05, 0.1) is 13.3 Å². The number of fused-ring (bicyclic) bond motifs is 1. The third-order valence-electron chi connectivity index (χ3n) is 6.14. The normalized spacial score (nSPS) is 23.6. The van der Waals surface area contributed by atoms with Crippen LogP contribution in [0.3, 0.4) is 0 Å². The maximum Gasteiger partial charge on any atom is 0.326 e. The summed E-state index contributed by atoms with van der Waals surface area (Å²) in [5.74, 6) is 1.18. The van der Waals surface area contributed by atoms with Crippen molar-refractivity contribution >= 4 is 11.9 Å². The summed E-state index contributed by atoms with van der Waals surface area (Å²) in [6.07, 6.45) is 6.89. The third-order valence-corrected chi connectivity index (χ3v) is 6.14. The largest absolute Gasteiger partial charge is 0.497 e. The lowest BCUT2D eigenvalue weighted by atomic mass is 9.84. The van der Waals surface area contributed by atoms with Gasteiger partial charge in [-0.3, -0.25) is 4.79 Å². The maximum atomic E-state index is 12.9. The van der Waals surface area contributed by atoms with Gasteiger partial charge < -0.3 is 19.2 Å². The van der Waals surface area contributed by atoms with Gasteiger partial charge in [0.1, 0.15) is 11.8 Å². The molecule has 1 saturated carbocycles. The fourth-order valence-corrected chi connectivity index (χ4v) is 4.70. The number of likely N-dealkylation sites (tertiary alicyclic amines) is 1. The number of carbonyl (C=O) groups is 2. The Balaban J connectivity index is 1.41. The summed E-state index contributed by atoms with van der Waals surface area (Å²) in [5, 5.41) is 9.60. The van der Waals surface area contributed by atoms with Gasteiger partial charge in [-0.25, -0.2) is 9.78 Å². The molecule has 1 aromatic carbocycles. The van der Waals surface area contributed by atoms with E-state index in [1.807, 2.05) is 24.3 Å². The highest BCUT2D eigenvalue weighted by Gasteiger charge is 2.47. The molecule has 4 rings (SSSR count). The third kappa shape index (κ3) is 3.99. The molecule has 1 aliphatic heterocycles. The van der Waals surface area contributed by atoms with Gasteiger partial charge in [0.25, 0.3) is 0 Å². The first-order chi connectivity index (χ1) is 14.1. The van der Waals surface area contributed by atoms with Crippen molar-refractivity contribution < 1.29 is 23.8 Å². The molecule has 3 atom stereocenters. The summed E-state index contributed by atoms with van der Waals surface area (Å²) in [5.41, 5.74) is 0.881. The number of carboxylic acid groups (broad SMARTS) is 1. The predicted molar refractivity (Wildman–Crippen MR) is 105 cm³/mol. The van der Waals surface area contributed by atoms with E-state index in [1.165, 1.54) is 0 Å². The summed E-state index contributed by atoms with van der Waals surface area (Å²) < 4.78 is 11.0. The number of carbonyl (C=O) groups excluding carboxylic acids is 1. The average Bonchev–Trinajstić information content (AvgIpc) is 3.37. The second-order valence-corrected chi connectivity index (χ2v) is 7.85. The van der Waals surface area contributed by atoms with Gasteiger partial charge >= 0.3 is 5.97 Å². The van der Waals surface area contributed by atoms with Gasteiger partial charge in [0.2, 0.25) is 5.91 Å². The minimum absolute atomic E-state index is 0.0665. The quantitative estimate of drug-likeness (QED) is 0.800. The Kier molecular flexibility index (Phi) is 5.56. The van der Waals surface area contributed by atoms with Gasteiger partial charge in [-0.2, -0.15) is 0 Å². The lowest BCUT2D eigenvalue weighted by Gasteiger charge is -2.33. The van der Waals surface area contributed by atoms with Crippen molar-refractivity contribution in [3.05, 3.63) is 36.4 Å². The van der Waals surface area contributed by atoms with Crippen molar-refractivity contribution in [2.45, 2.75) is 57.0 Å². The zero-order valence-electron chi connectivity index (χ0n) is 16.5. The molecule has 2 fully saturated rings. The summed E-state index contributed by atoms with van der Waals surface area (Å²) in [6.45, 7) is 0. The van der Waals surface area contributed by atoms with Crippen molar-refractivity contribution in [1.29, 1.82) is 0 Å². The fourth-order valence-electron chi connectivity index (χ4n) is 4.70. The fraction of sp³-hybridized carbons (Fsp3) is 0.500. The van der Waals surface area contributed by atoms with Crippen molar-refractivity contribution in [2.24, 2.45) is 5.92 Å². The number of ether oxygens (including phenoxy) is 1. The lowest BCUT2D eigenvalue weighted by Crippen LogP contribution is -2.46. The van der Waals surface area contributed by atoms with E-state index in [0.717, 1.165) is 37.0 Å². The Morgan fingerprint density at radius 3 is 2.72 bits per heavy atom. The van der Waals surface area contributed by atoms with Gasteiger partial charge in [0, 0.05) is 24.4 Å². The molecule has 154 valence electrons. The molecular weight excluding hydrogens is 372 g/mol.